The summed E-state index contributed by atoms with van der Waals surface area (Å²) in [6.07, 6.45) is 4.66. The lowest BCUT2D eigenvalue weighted by atomic mass is 9.77. The fraction of sp³-hybridized carbons (Fsp3) is 0.846. The highest BCUT2D eigenvalue weighted by Crippen LogP contribution is 2.30. The molecule has 4 nitrogen and oxygen atoms in total. The van der Waals surface area contributed by atoms with E-state index in [0.29, 0.717) is 11.5 Å². The predicted octanol–water partition coefficient (Wildman–Crippen LogP) is 2.68. The summed E-state index contributed by atoms with van der Waals surface area (Å²) in [5.41, 5.74) is 0.363. The lowest BCUT2D eigenvalue weighted by Crippen LogP contribution is -2.50. The molecule has 1 aliphatic heterocycles. The maximum atomic E-state index is 4.50. The van der Waals surface area contributed by atoms with E-state index in [1.54, 1.807) is 0 Å². The molecule has 0 aromatic carbocycles. The first-order valence-corrected chi connectivity index (χ1v) is 7.69. The molecule has 2 rings (SSSR count). The number of nitrogens with one attached hydrogen (secondary N) is 2. The molecule has 1 saturated heterocycles. The van der Waals surface area contributed by atoms with Gasteiger partial charge in [0.2, 0.25) is 5.13 Å². The molecule has 1 aromatic heterocycles. The summed E-state index contributed by atoms with van der Waals surface area (Å²) in [6.45, 7) is 8.91. The second-order valence-electron chi connectivity index (χ2n) is 5.75. The van der Waals surface area contributed by atoms with Gasteiger partial charge in [-0.05, 0) is 31.2 Å². The number of nitrogens with zero attached hydrogens (tertiary/aromatic N) is 2. The average Bonchev–Trinajstić information content (AvgIpc) is 2.75. The Hall–Kier alpha value is -0.680. The van der Waals surface area contributed by atoms with Gasteiger partial charge in [0.1, 0.15) is 5.82 Å². The molecule has 0 bridgehead atoms. The summed E-state index contributed by atoms with van der Waals surface area (Å²) in [5.74, 6) is 0.973. The maximum Gasteiger partial charge on any atom is 0.202 e. The molecule has 0 radical (unpaired) electrons. The SMILES string of the molecule is CCCc1nsc(NCC2NCCCC2(C)C)n1. The van der Waals surface area contributed by atoms with Crippen LogP contribution in [0.4, 0.5) is 5.13 Å². The Morgan fingerprint density at radius 1 is 1.50 bits per heavy atom. The van der Waals surface area contributed by atoms with Crippen LogP contribution >= 0.6 is 11.5 Å². The molecule has 1 aliphatic rings. The molecule has 1 aromatic rings. The molecule has 2 N–H and O–H groups in total. The van der Waals surface area contributed by atoms with Crippen LogP contribution in [0.5, 0.6) is 0 Å². The van der Waals surface area contributed by atoms with E-state index in [9.17, 15) is 0 Å². The lowest BCUT2D eigenvalue weighted by Gasteiger charge is -2.39. The number of piperidine rings is 1. The summed E-state index contributed by atoms with van der Waals surface area (Å²) in [4.78, 5) is 4.50. The number of hydrogen-bond acceptors (Lipinski definition) is 5. The minimum absolute atomic E-state index is 0.363. The van der Waals surface area contributed by atoms with Crippen molar-refractivity contribution in [2.45, 2.75) is 52.5 Å². The third-order valence-electron chi connectivity index (χ3n) is 3.73. The second-order valence-corrected chi connectivity index (χ2v) is 6.50. The molecule has 0 saturated carbocycles. The fourth-order valence-electron chi connectivity index (χ4n) is 2.46. The fourth-order valence-corrected chi connectivity index (χ4v) is 3.08. The number of rotatable bonds is 5. The van der Waals surface area contributed by atoms with Gasteiger partial charge in [-0.25, -0.2) is 4.98 Å². The summed E-state index contributed by atoms with van der Waals surface area (Å²) < 4.78 is 4.35. The Kier molecular flexibility index (Phi) is 4.56. The first kappa shape index (κ1) is 13.7. The van der Waals surface area contributed by atoms with Gasteiger partial charge in [0.25, 0.3) is 0 Å². The molecule has 1 atom stereocenters. The van der Waals surface area contributed by atoms with E-state index in [4.69, 9.17) is 0 Å². The molecular formula is C13H24N4S. The van der Waals surface area contributed by atoms with Crippen LogP contribution in [0, 0.1) is 5.41 Å². The predicted molar refractivity (Wildman–Crippen MR) is 77.2 cm³/mol. The smallest absolute Gasteiger partial charge is 0.202 e. The van der Waals surface area contributed by atoms with Gasteiger partial charge in [-0.2, -0.15) is 4.37 Å². The van der Waals surface area contributed by atoms with Crippen LogP contribution in [-0.2, 0) is 6.42 Å². The number of aromatic nitrogens is 2. The quantitative estimate of drug-likeness (QED) is 0.862. The molecule has 0 spiro atoms. The van der Waals surface area contributed by atoms with Gasteiger partial charge in [-0.1, -0.05) is 20.8 Å². The van der Waals surface area contributed by atoms with Crippen LogP contribution in [0.3, 0.4) is 0 Å². The minimum Gasteiger partial charge on any atom is -0.359 e. The van der Waals surface area contributed by atoms with Crippen molar-refractivity contribution in [3.8, 4) is 0 Å². The van der Waals surface area contributed by atoms with E-state index in [-0.39, 0.29) is 0 Å². The normalized spacial score (nSPS) is 22.9. The minimum atomic E-state index is 0.363. The first-order chi connectivity index (χ1) is 8.62. The van der Waals surface area contributed by atoms with Crippen molar-refractivity contribution in [3.05, 3.63) is 5.82 Å². The van der Waals surface area contributed by atoms with E-state index in [2.05, 4.69) is 40.8 Å². The average molecular weight is 268 g/mol. The standard InChI is InChI=1S/C13H24N4S/c1-4-6-11-16-12(18-17-11)15-9-10-13(2,3)7-5-8-14-10/h10,14H,4-9H2,1-3H3,(H,15,16,17). The Morgan fingerprint density at radius 2 is 2.33 bits per heavy atom. The van der Waals surface area contributed by atoms with E-state index >= 15 is 0 Å². The summed E-state index contributed by atoms with van der Waals surface area (Å²) in [7, 11) is 0. The highest BCUT2D eigenvalue weighted by molar-refractivity contribution is 7.09. The van der Waals surface area contributed by atoms with Crippen molar-refractivity contribution in [3.63, 3.8) is 0 Å². The Balaban J connectivity index is 1.86. The number of aryl methyl sites for hydroxylation is 1. The van der Waals surface area contributed by atoms with Gasteiger partial charge in [0, 0.05) is 30.5 Å². The third-order valence-corrected chi connectivity index (χ3v) is 4.44. The lowest BCUT2D eigenvalue weighted by molar-refractivity contribution is 0.188. The number of hydrogen-bond donors (Lipinski definition) is 2. The van der Waals surface area contributed by atoms with Crippen LogP contribution in [0.2, 0.25) is 0 Å². The second kappa shape index (κ2) is 5.97. The van der Waals surface area contributed by atoms with Gasteiger partial charge in [0.15, 0.2) is 0 Å². The van der Waals surface area contributed by atoms with Gasteiger partial charge in [0.05, 0.1) is 0 Å². The third kappa shape index (κ3) is 3.42. The van der Waals surface area contributed by atoms with Crippen molar-refractivity contribution in [1.29, 1.82) is 0 Å². The van der Waals surface area contributed by atoms with Gasteiger partial charge < -0.3 is 10.6 Å². The van der Waals surface area contributed by atoms with E-state index in [1.165, 1.54) is 24.4 Å². The van der Waals surface area contributed by atoms with Gasteiger partial charge in [-0.3, -0.25) is 0 Å². The highest BCUT2D eigenvalue weighted by Gasteiger charge is 2.31. The zero-order valence-electron chi connectivity index (χ0n) is 11.6. The zero-order valence-corrected chi connectivity index (χ0v) is 12.4. The maximum absolute atomic E-state index is 4.50. The first-order valence-electron chi connectivity index (χ1n) is 6.91. The van der Waals surface area contributed by atoms with Crippen molar-refractivity contribution in [2.75, 3.05) is 18.4 Å². The molecule has 0 amide bonds. The summed E-state index contributed by atoms with van der Waals surface area (Å²) in [6, 6.07) is 0.518. The van der Waals surface area contributed by atoms with E-state index in [0.717, 1.165) is 36.9 Å². The van der Waals surface area contributed by atoms with Gasteiger partial charge >= 0.3 is 0 Å². The van der Waals surface area contributed by atoms with Crippen LogP contribution in [-0.4, -0.2) is 28.5 Å². The highest BCUT2D eigenvalue weighted by atomic mass is 32.1. The summed E-state index contributed by atoms with van der Waals surface area (Å²) >= 11 is 1.48. The molecule has 1 unspecified atom stereocenters. The zero-order chi connectivity index (χ0) is 13.0. The van der Waals surface area contributed by atoms with Crippen molar-refractivity contribution in [1.82, 2.24) is 14.7 Å². The topological polar surface area (TPSA) is 49.8 Å². The summed E-state index contributed by atoms with van der Waals surface area (Å²) in [5, 5.41) is 8.00. The van der Waals surface area contributed by atoms with Crippen molar-refractivity contribution >= 4 is 16.7 Å². The Bertz CT molecular complexity index is 375. The van der Waals surface area contributed by atoms with Crippen LogP contribution < -0.4 is 10.6 Å². The molecular weight excluding hydrogens is 244 g/mol. The van der Waals surface area contributed by atoms with Crippen LogP contribution in [0.25, 0.3) is 0 Å². The number of anilines is 1. The van der Waals surface area contributed by atoms with Crippen LogP contribution in [0.15, 0.2) is 0 Å². The van der Waals surface area contributed by atoms with E-state index < -0.39 is 0 Å². The monoisotopic (exact) mass is 268 g/mol. The van der Waals surface area contributed by atoms with Crippen molar-refractivity contribution < 1.29 is 0 Å². The Morgan fingerprint density at radius 3 is 3.06 bits per heavy atom. The van der Waals surface area contributed by atoms with Crippen molar-refractivity contribution in [2.24, 2.45) is 5.41 Å². The van der Waals surface area contributed by atoms with Crippen LogP contribution in [0.1, 0.15) is 45.9 Å². The molecule has 2 heterocycles. The van der Waals surface area contributed by atoms with E-state index in [1.807, 2.05) is 0 Å². The molecule has 102 valence electrons. The molecule has 5 heteroatoms. The Labute approximate surface area is 114 Å². The molecule has 18 heavy (non-hydrogen) atoms. The van der Waals surface area contributed by atoms with Gasteiger partial charge in [-0.15, -0.1) is 0 Å². The largest absolute Gasteiger partial charge is 0.359 e. The molecule has 0 aliphatic carbocycles. The molecule has 1 fully saturated rings.